The number of aliphatic hydroxyl groups excluding tert-OH is 1. The van der Waals surface area contributed by atoms with Gasteiger partial charge in [0.05, 0.1) is 13.2 Å². The van der Waals surface area contributed by atoms with Crippen molar-refractivity contribution in [3.63, 3.8) is 0 Å². The van der Waals surface area contributed by atoms with Gasteiger partial charge in [-0.2, -0.15) is 0 Å². The van der Waals surface area contributed by atoms with E-state index in [1.165, 1.54) is 32.3 Å². The summed E-state index contributed by atoms with van der Waals surface area (Å²) in [5, 5.41) is 9.99. The fourth-order valence-corrected chi connectivity index (χ4v) is 1.33. The maximum Gasteiger partial charge on any atom is 0.380 e. The predicted molar refractivity (Wildman–Crippen MR) is 69.9 cm³/mol. The average Bonchev–Trinajstić information content (AvgIpc) is 2.48. The van der Waals surface area contributed by atoms with Crippen LogP contribution in [0.1, 0.15) is 19.7 Å². The lowest BCUT2D eigenvalue weighted by atomic mass is 10.1. The largest absolute Gasteiger partial charge is 0.504 e. The van der Waals surface area contributed by atoms with Crippen molar-refractivity contribution in [1.29, 1.82) is 0 Å². The molecule has 0 saturated heterocycles. The molecule has 1 rings (SSSR count). The lowest BCUT2D eigenvalue weighted by Gasteiger charge is -2.08. The van der Waals surface area contributed by atoms with Crippen molar-refractivity contribution in [3.8, 4) is 0 Å². The summed E-state index contributed by atoms with van der Waals surface area (Å²) in [4.78, 5) is 42.6. The van der Waals surface area contributed by atoms with Crippen LogP contribution in [-0.4, -0.2) is 46.0 Å². The van der Waals surface area contributed by atoms with E-state index in [-0.39, 0.29) is 19.0 Å². The van der Waals surface area contributed by atoms with E-state index in [1.807, 2.05) is 0 Å². The minimum Gasteiger partial charge on any atom is -0.504 e. The molecule has 0 aromatic carbocycles. The van der Waals surface area contributed by atoms with E-state index in [2.05, 4.69) is 19.4 Å². The summed E-state index contributed by atoms with van der Waals surface area (Å²) in [6.07, 6.45) is 2.60. The quantitative estimate of drug-likeness (QED) is 0.201. The highest BCUT2D eigenvalue weighted by Crippen LogP contribution is 2.15. The van der Waals surface area contributed by atoms with Crippen LogP contribution in [0.3, 0.4) is 0 Å². The van der Waals surface area contributed by atoms with Crippen molar-refractivity contribution in [2.75, 3.05) is 13.2 Å². The van der Waals surface area contributed by atoms with Gasteiger partial charge in [0.15, 0.2) is 17.2 Å². The highest BCUT2D eigenvalue weighted by atomic mass is 16.5. The van der Waals surface area contributed by atoms with Crippen LogP contribution in [0.5, 0.6) is 0 Å². The van der Waals surface area contributed by atoms with Crippen molar-refractivity contribution in [1.82, 2.24) is 9.97 Å². The molecule has 112 valence electrons. The van der Waals surface area contributed by atoms with Crippen molar-refractivity contribution >= 4 is 23.5 Å². The molecule has 1 heterocycles. The summed E-state index contributed by atoms with van der Waals surface area (Å²) < 4.78 is 9.17. The number of carbonyl (C=O) groups is 3. The number of hydrogen-bond acceptors (Lipinski definition) is 8. The van der Waals surface area contributed by atoms with Gasteiger partial charge in [-0.25, -0.2) is 19.6 Å². The molecule has 0 fully saturated rings. The summed E-state index contributed by atoms with van der Waals surface area (Å²) in [5.41, 5.74) is -0.860. The number of Topliss-reactive ketones (excluding diaryl/α,β-unsaturated/α-hetero) is 1. The van der Waals surface area contributed by atoms with Crippen molar-refractivity contribution in [2.24, 2.45) is 0 Å². The lowest BCUT2D eigenvalue weighted by Crippen LogP contribution is -2.26. The molecule has 8 heteroatoms. The Hall–Kier alpha value is -2.77. The summed E-state index contributed by atoms with van der Waals surface area (Å²) in [6, 6.07) is 1.48. The summed E-state index contributed by atoms with van der Waals surface area (Å²) in [6.45, 7) is 2.92. The lowest BCUT2D eigenvalue weighted by molar-refractivity contribution is -0.153. The molecule has 21 heavy (non-hydrogen) atoms. The maximum atomic E-state index is 11.9. The van der Waals surface area contributed by atoms with Gasteiger partial charge in [-0.1, -0.05) is 0 Å². The predicted octanol–water partition coefficient (Wildman–Crippen LogP) is 0.441. The SMILES string of the molecule is CCOC(=O)C(=O)/C(C(=O)OCC)=C(/O)c1ncccn1. The Labute approximate surface area is 120 Å². The van der Waals surface area contributed by atoms with E-state index >= 15 is 0 Å². The smallest absolute Gasteiger partial charge is 0.380 e. The van der Waals surface area contributed by atoms with E-state index < -0.39 is 29.1 Å². The van der Waals surface area contributed by atoms with E-state index in [0.717, 1.165) is 0 Å². The molecule has 1 aromatic rings. The standard InChI is InChI=1S/C13H14N2O6/c1-3-20-12(18)8(10(17)13(19)21-4-2)9(16)11-14-6-5-7-15-11/h5-7,16H,3-4H2,1-2H3/b9-8-. The zero-order valence-corrected chi connectivity index (χ0v) is 11.5. The van der Waals surface area contributed by atoms with Gasteiger partial charge in [0.1, 0.15) is 0 Å². The Morgan fingerprint density at radius 2 is 1.57 bits per heavy atom. The first-order valence-corrected chi connectivity index (χ1v) is 6.12. The van der Waals surface area contributed by atoms with Crippen LogP contribution in [0.25, 0.3) is 5.76 Å². The third-order valence-corrected chi connectivity index (χ3v) is 2.18. The van der Waals surface area contributed by atoms with Gasteiger partial charge in [0.25, 0.3) is 5.78 Å². The third-order valence-electron chi connectivity index (χ3n) is 2.18. The number of aliphatic hydroxyl groups is 1. The van der Waals surface area contributed by atoms with Crippen LogP contribution >= 0.6 is 0 Å². The van der Waals surface area contributed by atoms with E-state index in [1.54, 1.807) is 0 Å². The van der Waals surface area contributed by atoms with E-state index in [0.29, 0.717) is 0 Å². The summed E-state index contributed by atoms with van der Waals surface area (Å²) in [5.74, 6) is -4.87. The third kappa shape index (κ3) is 4.10. The second-order valence-electron chi connectivity index (χ2n) is 3.57. The van der Waals surface area contributed by atoms with E-state index in [4.69, 9.17) is 0 Å². The average molecular weight is 294 g/mol. The first kappa shape index (κ1) is 16.3. The number of aromatic nitrogens is 2. The molecule has 1 N–H and O–H groups in total. The number of esters is 2. The fourth-order valence-electron chi connectivity index (χ4n) is 1.33. The van der Waals surface area contributed by atoms with Gasteiger partial charge >= 0.3 is 11.9 Å². The molecule has 0 bridgehead atoms. The second kappa shape index (κ2) is 7.73. The minimum absolute atomic E-state index is 0.0403. The van der Waals surface area contributed by atoms with Gasteiger partial charge < -0.3 is 14.6 Å². The molecule has 0 aliphatic rings. The highest BCUT2D eigenvalue weighted by molar-refractivity contribution is 6.48. The number of ether oxygens (including phenoxy) is 2. The molecule has 0 aliphatic heterocycles. The fraction of sp³-hybridized carbons (Fsp3) is 0.308. The Morgan fingerprint density at radius 1 is 1.05 bits per heavy atom. The molecule has 0 spiro atoms. The zero-order chi connectivity index (χ0) is 15.8. The van der Waals surface area contributed by atoms with Crippen LogP contribution in [0.4, 0.5) is 0 Å². The Bertz CT molecular complexity index is 567. The molecule has 0 atom stereocenters. The molecule has 1 aromatic heterocycles. The van der Waals surface area contributed by atoms with Gasteiger partial charge in [-0.05, 0) is 19.9 Å². The summed E-state index contributed by atoms with van der Waals surface area (Å²) in [7, 11) is 0. The van der Waals surface area contributed by atoms with Crippen LogP contribution in [0, 0.1) is 0 Å². The topological polar surface area (TPSA) is 116 Å². The second-order valence-corrected chi connectivity index (χ2v) is 3.57. The number of nitrogens with zero attached hydrogens (tertiary/aromatic N) is 2. The molecule has 0 amide bonds. The van der Waals surface area contributed by atoms with Crippen molar-refractivity contribution < 1.29 is 29.0 Å². The first-order chi connectivity index (χ1) is 10.0. The molecule has 0 aliphatic carbocycles. The zero-order valence-electron chi connectivity index (χ0n) is 11.5. The Kier molecular flexibility index (Phi) is 5.99. The molecule has 0 saturated carbocycles. The van der Waals surface area contributed by atoms with Crippen LogP contribution < -0.4 is 0 Å². The molecule has 0 radical (unpaired) electrons. The summed E-state index contributed by atoms with van der Waals surface area (Å²) >= 11 is 0. The van der Waals surface area contributed by atoms with Crippen molar-refractivity contribution in [2.45, 2.75) is 13.8 Å². The highest BCUT2D eigenvalue weighted by Gasteiger charge is 2.32. The molecule has 0 unspecified atom stereocenters. The number of ketones is 1. The van der Waals surface area contributed by atoms with Gasteiger partial charge in [0, 0.05) is 12.4 Å². The molecular weight excluding hydrogens is 280 g/mol. The number of hydrogen-bond donors (Lipinski definition) is 1. The van der Waals surface area contributed by atoms with Crippen LogP contribution in [0.2, 0.25) is 0 Å². The minimum atomic E-state index is -1.32. The molecular formula is C13H14N2O6. The van der Waals surface area contributed by atoms with E-state index in [9.17, 15) is 19.5 Å². The van der Waals surface area contributed by atoms with Crippen molar-refractivity contribution in [3.05, 3.63) is 29.9 Å². The van der Waals surface area contributed by atoms with Gasteiger partial charge in [-0.15, -0.1) is 0 Å². The van der Waals surface area contributed by atoms with Gasteiger partial charge in [0.2, 0.25) is 0 Å². The Balaban J connectivity index is 3.28. The number of rotatable bonds is 6. The maximum absolute atomic E-state index is 11.9. The number of carbonyl (C=O) groups excluding carboxylic acids is 3. The monoisotopic (exact) mass is 294 g/mol. The Morgan fingerprint density at radius 3 is 2.10 bits per heavy atom. The van der Waals surface area contributed by atoms with Crippen LogP contribution in [-0.2, 0) is 23.9 Å². The first-order valence-electron chi connectivity index (χ1n) is 6.12. The molecule has 8 nitrogen and oxygen atoms in total. The van der Waals surface area contributed by atoms with Gasteiger partial charge in [-0.3, -0.25) is 4.79 Å². The normalized spacial score (nSPS) is 11.3. The van der Waals surface area contributed by atoms with Crippen LogP contribution in [0.15, 0.2) is 24.0 Å².